The van der Waals surface area contributed by atoms with Gasteiger partial charge in [-0.1, -0.05) is 60.2 Å². The molecule has 4 rings (SSSR count). The Morgan fingerprint density at radius 1 is 1.18 bits per heavy atom. The van der Waals surface area contributed by atoms with Crippen LogP contribution in [0.1, 0.15) is 46.7 Å². The summed E-state index contributed by atoms with van der Waals surface area (Å²) in [5, 5.41) is 10.1. The van der Waals surface area contributed by atoms with Gasteiger partial charge >= 0.3 is 0 Å². The fraction of sp³-hybridized carbons (Fsp3) is 0.296. The molecule has 0 saturated carbocycles. The molecule has 34 heavy (non-hydrogen) atoms. The van der Waals surface area contributed by atoms with Crippen LogP contribution < -0.4 is 10.6 Å². The van der Waals surface area contributed by atoms with Gasteiger partial charge in [0.25, 0.3) is 5.91 Å². The van der Waals surface area contributed by atoms with Gasteiger partial charge in [0.05, 0.1) is 5.01 Å². The van der Waals surface area contributed by atoms with Crippen LogP contribution in [0.15, 0.2) is 66.1 Å². The summed E-state index contributed by atoms with van der Waals surface area (Å²) in [6.07, 6.45) is 6.03. The van der Waals surface area contributed by atoms with Crippen molar-refractivity contribution >= 4 is 40.3 Å². The van der Waals surface area contributed by atoms with Crippen LogP contribution in [-0.2, 0) is 0 Å². The van der Waals surface area contributed by atoms with Gasteiger partial charge in [0.15, 0.2) is 5.11 Å². The van der Waals surface area contributed by atoms with Crippen LogP contribution in [0.2, 0.25) is 0 Å². The van der Waals surface area contributed by atoms with E-state index in [0.717, 1.165) is 59.4 Å². The number of benzene rings is 2. The van der Waals surface area contributed by atoms with Crippen molar-refractivity contribution < 1.29 is 4.79 Å². The number of nitrogens with zero attached hydrogens (tertiary/aromatic N) is 2. The number of piperidine rings is 1. The van der Waals surface area contributed by atoms with Crippen LogP contribution >= 0.6 is 23.6 Å². The lowest BCUT2D eigenvalue weighted by Gasteiger charge is -2.33. The van der Waals surface area contributed by atoms with Crippen LogP contribution in [0.25, 0.3) is 11.1 Å². The Kier molecular flexibility index (Phi) is 8.08. The number of nitrogens with one attached hydrogen (secondary N) is 2. The van der Waals surface area contributed by atoms with Crippen LogP contribution in [0.3, 0.4) is 0 Å². The van der Waals surface area contributed by atoms with Gasteiger partial charge in [-0.3, -0.25) is 4.79 Å². The number of thiocarbonyl (C=S) groups is 1. The number of thiazole rings is 1. The van der Waals surface area contributed by atoms with Gasteiger partial charge in [0.1, 0.15) is 5.69 Å². The number of carbonyl (C=O) groups is 1. The number of aryl methyl sites for hydroxylation is 1. The van der Waals surface area contributed by atoms with Crippen LogP contribution in [0.5, 0.6) is 0 Å². The Morgan fingerprint density at radius 2 is 1.91 bits per heavy atom. The van der Waals surface area contributed by atoms with Gasteiger partial charge in [-0.2, -0.15) is 0 Å². The van der Waals surface area contributed by atoms with E-state index in [0.29, 0.717) is 11.6 Å². The van der Waals surface area contributed by atoms with Crippen LogP contribution in [0, 0.1) is 6.92 Å². The lowest BCUT2D eigenvalue weighted by atomic mass is 9.98. The summed E-state index contributed by atoms with van der Waals surface area (Å²) < 4.78 is 0. The molecule has 3 aromatic rings. The largest absolute Gasteiger partial charge is 0.359 e. The third kappa shape index (κ3) is 5.90. The van der Waals surface area contributed by atoms with E-state index in [-0.39, 0.29) is 5.91 Å². The summed E-state index contributed by atoms with van der Waals surface area (Å²) in [6.45, 7) is 6.63. The molecular formula is C27H30N4OS2. The molecule has 1 aliphatic heterocycles. The molecule has 176 valence electrons. The highest BCUT2D eigenvalue weighted by Crippen LogP contribution is 2.32. The number of rotatable bonds is 6. The number of carbonyl (C=O) groups excluding carboxylic acids is 1. The zero-order valence-corrected chi connectivity index (χ0v) is 21.2. The normalized spacial score (nSPS) is 14.4. The summed E-state index contributed by atoms with van der Waals surface area (Å²) in [6, 6.07) is 16.2. The first-order valence-corrected chi connectivity index (χ1v) is 12.9. The molecule has 0 spiro atoms. The standard InChI is InChI=1S/C27H30N4OS2/c1-3-4-15-28-27(33)31-16-13-21(14-17-31)26-30-24(18-34-26)25(32)29-23-8-6-5-7-22(23)20-11-9-19(2)10-12-20/h3-12,18,21H,13-17H2,1-2H3,(H,28,33)(H,29,32)/b4-3+. The van der Waals surface area contributed by atoms with Gasteiger partial charge in [0, 0.05) is 42.2 Å². The second-order valence-electron chi connectivity index (χ2n) is 8.45. The topological polar surface area (TPSA) is 57.3 Å². The molecule has 0 bridgehead atoms. The molecule has 0 aliphatic carbocycles. The predicted molar refractivity (Wildman–Crippen MR) is 146 cm³/mol. The highest BCUT2D eigenvalue weighted by atomic mass is 32.1. The molecule has 7 heteroatoms. The van der Waals surface area contributed by atoms with E-state index in [1.165, 1.54) is 5.56 Å². The van der Waals surface area contributed by atoms with Crippen molar-refractivity contribution in [2.75, 3.05) is 25.0 Å². The van der Waals surface area contributed by atoms with Crippen molar-refractivity contribution in [2.24, 2.45) is 0 Å². The summed E-state index contributed by atoms with van der Waals surface area (Å²) in [5.41, 5.74) is 4.55. The molecule has 2 heterocycles. The van der Waals surface area contributed by atoms with Crippen molar-refractivity contribution in [1.82, 2.24) is 15.2 Å². The summed E-state index contributed by atoms with van der Waals surface area (Å²) >= 11 is 7.09. The SMILES string of the molecule is C/C=C/CNC(=S)N1CCC(c2nc(C(=O)Nc3ccccc3-c3ccc(C)cc3)cs2)CC1. The molecule has 1 amide bonds. The molecule has 0 radical (unpaired) electrons. The first kappa shape index (κ1) is 24.1. The number of hydrogen-bond donors (Lipinski definition) is 2. The van der Waals surface area contributed by atoms with E-state index in [9.17, 15) is 4.79 Å². The third-order valence-electron chi connectivity index (χ3n) is 6.03. The van der Waals surface area contributed by atoms with Crippen molar-refractivity contribution in [3.8, 4) is 11.1 Å². The third-order valence-corrected chi connectivity index (χ3v) is 7.44. The molecule has 1 saturated heterocycles. The van der Waals surface area contributed by atoms with Crippen molar-refractivity contribution in [3.05, 3.63) is 82.3 Å². The van der Waals surface area contributed by atoms with Gasteiger partial charge in [-0.15, -0.1) is 11.3 Å². The minimum Gasteiger partial charge on any atom is -0.359 e. The smallest absolute Gasteiger partial charge is 0.275 e. The van der Waals surface area contributed by atoms with Gasteiger partial charge in [-0.05, 0) is 50.5 Å². The predicted octanol–water partition coefficient (Wildman–Crippen LogP) is 6.00. The quantitative estimate of drug-likeness (QED) is 0.328. The molecule has 2 N–H and O–H groups in total. The lowest BCUT2D eigenvalue weighted by Crippen LogP contribution is -2.43. The molecule has 2 aromatic carbocycles. The lowest BCUT2D eigenvalue weighted by molar-refractivity contribution is 0.102. The van der Waals surface area contributed by atoms with E-state index in [1.807, 2.05) is 42.6 Å². The Balaban J connectivity index is 1.38. The van der Waals surface area contributed by atoms with Gasteiger partial charge in [-0.25, -0.2) is 4.98 Å². The molecule has 1 aromatic heterocycles. The first-order chi connectivity index (χ1) is 16.5. The summed E-state index contributed by atoms with van der Waals surface area (Å²) in [7, 11) is 0. The fourth-order valence-electron chi connectivity index (χ4n) is 4.05. The number of anilines is 1. The van der Waals surface area contributed by atoms with E-state index in [1.54, 1.807) is 11.3 Å². The highest BCUT2D eigenvalue weighted by Gasteiger charge is 2.25. The second kappa shape index (κ2) is 11.4. The fourth-order valence-corrected chi connectivity index (χ4v) is 5.29. The monoisotopic (exact) mass is 490 g/mol. The number of hydrogen-bond acceptors (Lipinski definition) is 4. The summed E-state index contributed by atoms with van der Waals surface area (Å²) in [5.74, 6) is 0.190. The van der Waals surface area contributed by atoms with E-state index < -0.39 is 0 Å². The minimum absolute atomic E-state index is 0.172. The Bertz CT molecular complexity index is 1160. The molecule has 5 nitrogen and oxygen atoms in total. The van der Waals surface area contributed by atoms with Crippen LogP contribution in [-0.4, -0.2) is 40.5 Å². The Hall–Kier alpha value is -3.03. The highest BCUT2D eigenvalue weighted by molar-refractivity contribution is 7.80. The van der Waals surface area contributed by atoms with Crippen molar-refractivity contribution in [1.29, 1.82) is 0 Å². The van der Waals surface area contributed by atoms with Crippen molar-refractivity contribution in [3.63, 3.8) is 0 Å². The maximum absolute atomic E-state index is 13.0. The van der Waals surface area contributed by atoms with Gasteiger partial charge < -0.3 is 15.5 Å². The van der Waals surface area contributed by atoms with Gasteiger partial charge in [0.2, 0.25) is 0 Å². The molecule has 0 unspecified atom stereocenters. The Labute approximate surface area is 210 Å². The molecule has 1 aliphatic rings. The number of allylic oxidation sites excluding steroid dienone is 1. The second-order valence-corrected chi connectivity index (χ2v) is 9.73. The Morgan fingerprint density at radius 3 is 2.65 bits per heavy atom. The van der Waals surface area contributed by atoms with Crippen molar-refractivity contribution in [2.45, 2.75) is 32.6 Å². The zero-order valence-electron chi connectivity index (χ0n) is 19.6. The molecule has 1 fully saturated rings. The number of likely N-dealkylation sites (tertiary alicyclic amines) is 1. The number of aromatic nitrogens is 1. The van der Waals surface area contributed by atoms with E-state index in [4.69, 9.17) is 17.2 Å². The van der Waals surface area contributed by atoms with E-state index >= 15 is 0 Å². The average Bonchev–Trinajstić information content (AvgIpc) is 3.36. The number of para-hydroxylation sites is 1. The minimum atomic E-state index is -0.172. The molecule has 0 atom stereocenters. The maximum atomic E-state index is 13.0. The number of amides is 1. The molecular weight excluding hydrogens is 460 g/mol. The van der Waals surface area contributed by atoms with Crippen LogP contribution in [0.4, 0.5) is 5.69 Å². The first-order valence-electron chi connectivity index (χ1n) is 11.6. The zero-order chi connectivity index (χ0) is 23.9. The maximum Gasteiger partial charge on any atom is 0.275 e. The summed E-state index contributed by atoms with van der Waals surface area (Å²) in [4.78, 5) is 19.9. The van der Waals surface area contributed by atoms with E-state index in [2.05, 4.69) is 52.8 Å². The average molecular weight is 491 g/mol.